The molecule has 0 bridgehead atoms. The fourth-order valence-corrected chi connectivity index (χ4v) is 11.6. The summed E-state index contributed by atoms with van der Waals surface area (Å²) in [6, 6.07) is 98.2. The molecule has 0 aliphatic carbocycles. The van der Waals surface area contributed by atoms with E-state index in [-0.39, 0.29) is 0 Å². The van der Waals surface area contributed by atoms with Gasteiger partial charge in [-0.2, -0.15) is 0 Å². The Hall–Kier alpha value is -10.1. The molecule has 0 saturated carbocycles. The summed E-state index contributed by atoms with van der Waals surface area (Å²) in [6.45, 7) is 0. The van der Waals surface area contributed by atoms with Gasteiger partial charge in [-0.1, -0.05) is 176 Å². The Morgan fingerprint density at radius 2 is 0.587 bits per heavy atom. The number of rotatable bonds is 8. The topological polar surface area (TPSA) is 40.6 Å². The molecule has 0 aliphatic heterocycles. The second kappa shape index (κ2) is 17.3. The third kappa shape index (κ3) is 7.08. The highest BCUT2D eigenvalue weighted by Gasteiger charge is 2.20. The molecule has 0 unspecified atom stereocenters. The summed E-state index contributed by atoms with van der Waals surface area (Å²) in [4.78, 5) is 11.0. The van der Waals surface area contributed by atoms with Crippen molar-refractivity contribution in [2.75, 3.05) is 0 Å². The van der Waals surface area contributed by atoms with Gasteiger partial charge in [0.15, 0.2) is 5.82 Å². The second-order valence-corrected chi connectivity index (χ2v) is 19.4. The largest absolute Gasteiger partial charge is 0.309 e. The average molecular weight is 956 g/mol. The van der Waals surface area contributed by atoms with Gasteiger partial charge in [-0.25, -0.2) is 9.97 Å². The summed E-state index contributed by atoms with van der Waals surface area (Å²) in [5.41, 5.74) is 19.3. The third-order valence-electron chi connectivity index (χ3n) is 15.0. The van der Waals surface area contributed by atoms with Gasteiger partial charge in [0.2, 0.25) is 0 Å². The number of hydrogen-bond donors (Lipinski definition) is 0. The Labute approximate surface area is 433 Å². The number of para-hydroxylation sites is 6. The lowest BCUT2D eigenvalue weighted by Crippen LogP contribution is -1.99. The predicted octanol–water partition coefficient (Wildman–Crippen LogP) is 18.1. The first kappa shape index (κ1) is 42.6. The number of nitrogens with zero attached hydrogens (tertiary/aromatic N) is 5. The van der Waals surface area contributed by atoms with Crippen LogP contribution in [0.5, 0.6) is 0 Å². The summed E-state index contributed by atoms with van der Waals surface area (Å²) < 4.78 is 7.15. The van der Waals surface area contributed by atoms with Crippen LogP contribution in [-0.2, 0) is 0 Å². The summed E-state index contributed by atoms with van der Waals surface area (Å²) in [7, 11) is 0. The Balaban J connectivity index is 0.955. The minimum absolute atomic E-state index is 0.658. The molecule has 4 heterocycles. The number of aromatic nitrogens is 5. The SMILES string of the molecule is c1ccc(-c2cccc(-c3nc(-c4ccc(-n5c6ccccc6c6ccccc65)cc4)cc(-c4cc(-c5ccc6c(c5)c5ccccc5n6-c5ccccc5)cc(-n5c6ccccc6c6ccccc65)c4)n3)c2)cc1. The van der Waals surface area contributed by atoms with E-state index >= 15 is 0 Å². The monoisotopic (exact) mass is 955 g/mol. The molecule has 0 radical (unpaired) electrons. The Kier molecular flexibility index (Phi) is 9.82. The van der Waals surface area contributed by atoms with Crippen LogP contribution in [0.4, 0.5) is 0 Å². The highest BCUT2D eigenvalue weighted by atomic mass is 15.0. The van der Waals surface area contributed by atoms with Crippen LogP contribution in [0.15, 0.2) is 273 Å². The van der Waals surface area contributed by atoms with Gasteiger partial charge in [0.1, 0.15) is 0 Å². The molecule has 0 N–H and O–H groups in total. The fraction of sp³-hybridized carbons (Fsp3) is 0. The van der Waals surface area contributed by atoms with Gasteiger partial charge in [0.25, 0.3) is 0 Å². The average Bonchev–Trinajstić information content (AvgIpc) is 4.14. The van der Waals surface area contributed by atoms with Gasteiger partial charge in [0, 0.05) is 66.1 Å². The summed E-state index contributed by atoms with van der Waals surface area (Å²) >= 11 is 0. The van der Waals surface area contributed by atoms with Crippen LogP contribution in [0, 0.1) is 0 Å². The molecule has 75 heavy (non-hydrogen) atoms. The smallest absolute Gasteiger partial charge is 0.160 e. The van der Waals surface area contributed by atoms with Crippen molar-refractivity contribution in [1.29, 1.82) is 0 Å². The molecule has 350 valence electrons. The highest BCUT2D eigenvalue weighted by Crippen LogP contribution is 2.41. The van der Waals surface area contributed by atoms with Crippen LogP contribution >= 0.6 is 0 Å². The Morgan fingerprint density at radius 1 is 0.200 bits per heavy atom. The van der Waals surface area contributed by atoms with Crippen molar-refractivity contribution in [3.8, 4) is 73.2 Å². The van der Waals surface area contributed by atoms with E-state index in [1.807, 2.05) is 0 Å². The van der Waals surface area contributed by atoms with E-state index in [9.17, 15) is 0 Å². The van der Waals surface area contributed by atoms with Crippen LogP contribution in [0.1, 0.15) is 0 Å². The fourth-order valence-electron chi connectivity index (χ4n) is 11.6. The van der Waals surface area contributed by atoms with Gasteiger partial charge >= 0.3 is 0 Å². The van der Waals surface area contributed by atoms with Gasteiger partial charge in [-0.3, -0.25) is 0 Å². The van der Waals surface area contributed by atoms with Crippen molar-refractivity contribution in [3.05, 3.63) is 273 Å². The first-order valence-corrected chi connectivity index (χ1v) is 25.6. The van der Waals surface area contributed by atoms with Gasteiger partial charge in [-0.05, 0) is 119 Å². The van der Waals surface area contributed by atoms with Gasteiger partial charge < -0.3 is 13.7 Å². The lowest BCUT2D eigenvalue weighted by Gasteiger charge is -2.16. The van der Waals surface area contributed by atoms with Crippen LogP contribution in [0.2, 0.25) is 0 Å². The lowest BCUT2D eigenvalue weighted by atomic mass is 9.97. The molecule has 0 fully saturated rings. The highest BCUT2D eigenvalue weighted by molar-refractivity contribution is 6.12. The number of hydrogen-bond acceptors (Lipinski definition) is 2. The maximum absolute atomic E-state index is 5.54. The van der Waals surface area contributed by atoms with E-state index in [1.165, 1.54) is 48.9 Å². The van der Waals surface area contributed by atoms with Gasteiger partial charge in [0.05, 0.1) is 44.5 Å². The summed E-state index contributed by atoms with van der Waals surface area (Å²) in [5.74, 6) is 0.658. The normalized spacial score (nSPS) is 11.7. The Morgan fingerprint density at radius 3 is 1.16 bits per heavy atom. The molecule has 15 rings (SSSR count). The van der Waals surface area contributed by atoms with Crippen molar-refractivity contribution < 1.29 is 0 Å². The van der Waals surface area contributed by atoms with Crippen molar-refractivity contribution in [3.63, 3.8) is 0 Å². The Bertz CT molecular complexity index is 4590. The predicted molar refractivity (Wildman–Crippen MR) is 312 cm³/mol. The minimum atomic E-state index is 0.658. The first-order chi connectivity index (χ1) is 37.2. The van der Waals surface area contributed by atoms with E-state index in [1.54, 1.807) is 0 Å². The molecule has 15 aromatic rings. The summed E-state index contributed by atoms with van der Waals surface area (Å²) in [6.07, 6.45) is 0. The molecule has 5 heteroatoms. The lowest BCUT2D eigenvalue weighted by molar-refractivity contribution is 1.16. The number of benzene rings is 11. The van der Waals surface area contributed by atoms with Crippen molar-refractivity contribution in [2.45, 2.75) is 0 Å². The second-order valence-electron chi connectivity index (χ2n) is 19.4. The van der Waals surface area contributed by atoms with E-state index in [2.05, 4.69) is 287 Å². The number of fused-ring (bicyclic) bond motifs is 9. The van der Waals surface area contributed by atoms with E-state index in [4.69, 9.17) is 9.97 Å². The molecule has 0 aliphatic rings. The quantitative estimate of drug-likeness (QED) is 0.152. The molecule has 5 nitrogen and oxygen atoms in total. The maximum atomic E-state index is 5.54. The molecule has 0 saturated heterocycles. The molecular formula is C70H45N5. The standard InChI is InChI=1S/C70H45N5/c1-3-18-46(19-4-1)48-20-17-21-50(40-48)70-71-62(47-34-37-54(38-35-47)74-64-29-12-7-24-56(64)57-25-8-13-30-65(57)74)45-63(72-70)52-41-51(42-55(43-52)75-66-31-14-9-26-58(66)59-27-10-15-32-67(59)75)49-36-39-69-61(44-49)60-28-11-16-33-68(60)73(69)53-22-5-2-6-23-53/h1-45H. The van der Waals surface area contributed by atoms with E-state index in [0.717, 1.165) is 83.9 Å². The maximum Gasteiger partial charge on any atom is 0.160 e. The molecule has 0 amide bonds. The zero-order valence-electron chi connectivity index (χ0n) is 40.7. The van der Waals surface area contributed by atoms with E-state index in [0.29, 0.717) is 5.82 Å². The van der Waals surface area contributed by atoms with E-state index < -0.39 is 0 Å². The zero-order chi connectivity index (χ0) is 49.4. The van der Waals surface area contributed by atoms with Crippen LogP contribution in [0.3, 0.4) is 0 Å². The molecule has 0 atom stereocenters. The van der Waals surface area contributed by atoms with Crippen molar-refractivity contribution in [1.82, 2.24) is 23.7 Å². The van der Waals surface area contributed by atoms with Gasteiger partial charge in [-0.15, -0.1) is 0 Å². The van der Waals surface area contributed by atoms with Crippen LogP contribution < -0.4 is 0 Å². The summed E-state index contributed by atoms with van der Waals surface area (Å²) in [5, 5.41) is 7.31. The molecule has 11 aromatic carbocycles. The van der Waals surface area contributed by atoms with Crippen molar-refractivity contribution >= 4 is 65.4 Å². The third-order valence-corrected chi connectivity index (χ3v) is 15.0. The molecule has 0 spiro atoms. The first-order valence-electron chi connectivity index (χ1n) is 25.6. The molecular weight excluding hydrogens is 911 g/mol. The zero-order valence-corrected chi connectivity index (χ0v) is 40.7. The van der Waals surface area contributed by atoms with Crippen LogP contribution in [0.25, 0.3) is 139 Å². The minimum Gasteiger partial charge on any atom is -0.309 e. The van der Waals surface area contributed by atoms with Crippen LogP contribution in [-0.4, -0.2) is 23.7 Å². The molecule has 4 aromatic heterocycles. The van der Waals surface area contributed by atoms with Crippen molar-refractivity contribution in [2.24, 2.45) is 0 Å².